The summed E-state index contributed by atoms with van der Waals surface area (Å²) in [4.78, 5) is 8.35. The van der Waals surface area contributed by atoms with Gasteiger partial charge in [-0.15, -0.1) is 11.3 Å². The quantitative estimate of drug-likeness (QED) is 0.636. The number of thiazole rings is 1. The average molecular weight is 287 g/mol. The standard InChI is InChI=1S/C14H17N5S/c1-3-10-5-7-19(12(10)4-6-17-2)8-13-18-11(9-20-13)14(15)16/h3-7,9H,8H2,1-2H3,(H3,15,16)/b10-3-,12-4+,17-6+. The van der Waals surface area contributed by atoms with Gasteiger partial charge in [-0.1, -0.05) is 6.08 Å². The first-order valence-electron chi connectivity index (χ1n) is 6.18. The number of hydrogen-bond donors (Lipinski definition) is 2. The first kappa shape index (κ1) is 14.2. The molecular weight excluding hydrogens is 270 g/mol. The normalized spacial score (nSPS) is 13.5. The Kier molecular flexibility index (Phi) is 4.47. The Morgan fingerprint density at radius 3 is 3.00 bits per heavy atom. The number of hydrogen-bond acceptors (Lipinski definition) is 4. The maximum absolute atomic E-state index is 7.38. The monoisotopic (exact) mass is 287 g/mol. The second-order valence-corrected chi connectivity index (χ2v) is 5.13. The van der Waals surface area contributed by atoms with E-state index in [1.54, 1.807) is 13.3 Å². The van der Waals surface area contributed by atoms with E-state index in [2.05, 4.69) is 26.7 Å². The molecule has 2 heterocycles. The fourth-order valence-corrected chi connectivity index (χ4v) is 2.67. The van der Waals surface area contributed by atoms with Crippen molar-refractivity contribution >= 4 is 35.5 Å². The minimum atomic E-state index is 0.00693. The van der Waals surface area contributed by atoms with E-state index in [-0.39, 0.29) is 5.84 Å². The molecule has 0 aromatic carbocycles. The molecule has 2 aromatic heterocycles. The highest BCUT2D eigenvalue weighted by atomic mass is 32.1. The van der Waals surface area contributed by atoms with Crippen LogP contribution >= 0.6 is 11.3 Å². The van der Waals surface area contributed by atoms with E-state index in [4.69, 9.17) is 11.1 Å². The lowest BCUT2D eigenvalue weighted by Gasteiger charge is -2.00. The molecule has 2 rings (SSSR count). The molecule has 0 radical (unpaired) electrons. The Balaban J connectivity index is 2.38. The maximum atomic E-state index is 7.38. The van der Waals surface area contributed by atoms with Gasteiger partial charge in [0.1, 0.15) is 16.5 Å². The largest absolute Gasteiger partial charge is 0.382 e. The highest BCUT2D eigenvalue weighted by molar-refractivity contribution is 7.09. The van der Waals surface area contributed by atoms with Crippen LogP contribution in [0.15, 0.2) is 22.6 Å². The molecule has 0 aliphatic carbocycles. The van der Waals surface area contributed by atoms with Crippen molar-refractivity contribution in [2.75, 3.05) is 7.05 Å². The summed E-state index contributed by atoms with van der Waals surface area (Å²) < 4.78 is 2.11. The molecule has 0 saturated carbocycles. The van der Waals surface area contributed by atoms with Gasteiger partial charge >= 0.3 is 0 Å². The summed E-state index contributed by atoms with van der Waals surface area (Å²) >= 11 is 1.51. The number of rotatable bonds is 4. The number of nitrogen functional groups attached to an aromatic ring is 1. The van der Waals surface area contributed by atoms with Crippen molar-refractivity contribution in [2.24, 2.45) is 10.7 Å². The highest BCUT2D eigenvalue weighted by Crippen LogP contribution is 2.09. The highest BCUT2D eigenvalue weighted by Gasteiger charge is 2.05. The van der Waals surface area contributed by atoms with Gasteiger partial charge in [-0.25, -0.2) is 4.98 Å². The lowest BCUT2D eigenvalue weighted by Crippen LogP contribution is -2.29. The van der Waals surface area contributed by atoms with E-state index >= 15 is 0 Å². The zero-order chi connectivity index (χ0) is 14.5. The zero-order valence-electron chi connectivity index (χ0n) is 11.5. The molecule has 20 heavy (non-hydrogen) atoms. The van der Waals surface area contributed by atoms with Crippen LogP contribution in [0.1, 0.15) is 17.6 Å². The number of amidine groups is 1. The van der Waals surface area contributed by atoms with Crippen molar-refractivity contribution in [2.45, 2.75) is 13.5 Å². The van der Waals surface area contributed by atoms with Crippen LogP contribution in [-0.4, -0.2) is 28.6 Å². The van der Waals surface area contributed by atoms with Crippen LogP contribution in [0.25, 0.3) is 12.2 Å². The molecule has 0 bridgehead atoms. The Morgan fingerprint density at radius 1 is 1.60 bits per heavy atom. The molecule has 0 amide bonds. The molecule has 6 heteroatoms. The van der Waals surface area contributed by atoms with Gasteiger partial charge in [0.2, 0.25) is 0 Å². The minimum absolute atomic E-state index is 0.00693. The molecule has 0 unspecified atom stereocenters. The molecule has 0 atom stereocenters. The molecule has 0 saturated heterocycles. The van der Waals surface area contributed by atoms with Crippen molar-refractivity contribution in [3.05, 3.63) is 38.9 Å². The second kappa shape index (κ2) is 6.29. The summed E-state index contributed by atoms with van der Waals surface area (Å²) in [7, 11) is 1.75. The molecule has 5 nitrogen and oxygen atoms in total. The van der Waals surface area contributed by atoms with Crippen molar-refractivity contribution < 1.29 is 0 Å². The summed E-state index contributed by atoms with van der Waals surface area (Å²) in [6.07, 6.45) is 7.85. The minimum Gasteiger partial charge on any atom is -0.382 e. The Morgan fingerprint density at radius 2 is 2.40 bits per heavy atom. The molecule has 0 spiro atoms. The first-order valence-corrected chi connectivity index (χ1v) is 7.06. The fraction of sp³-hybridized carbons (Fsp3) is 0.214. The Bertz CT molecular complexity index is 751. The van der Waals surface area contributed by atoms with E-state index in [0.29, 0.717) is 12.2 Å². The lowest BCUT2D eigenvalue weighted by atomic mass is 10.4. The van der Waals surface area contributed by atoms with Crippen molar-refractivity contribution in [3.63, 3.8) is 0 Å². The molecule has 2 aromatic rings. The van der Waals surface area contributed by atoms with Gasteiger partial charge in [-0.2, -0.15) is 0 Å². The van der Waals surface area contributed by atoms with E-state index in [9.17, 15) is 0 Å². The van der Waals surface area contributed by atoms with Gasteiger partial charge in [0.25, 0.3) is 0 Å². The van der Waals surface area contributed by atoms with Gasteiger partial charge < -0.3 is 10.3 Å². The molecular formula is C14H17N5S. The Labute approximate surface area is 121 Å². The van der Waals surface area contributed by atoms with Gasteiger partial charge in [0.15, 0.2) is 0 Å². The second-order valence-electron chi connectivity index (χ2n) is 4.19. The number of aliphatic imine (C=N–C) groups is 1. The van der Waals surface area contributed by atoms with E-state index in [0.717, 1.165) is 15.6 Å². The van der Waals surface area contributed by atoms with Crippen molar-refractivity contribution in [1.29, 1.82) is 5.41 Å². The summed E-state index contributed by atoms with van der Waals surface area (Å²) in [5, 5.41) is 12.4. The van der Waals surface area contributed by atoms with Crippen LogP contribution in [0.2, 0.25) is 0 Å². The average Bonchev–Trinajstić information content (AvgIpc) is 3.04. The van der Waals surface area contributed by atoms with Crippen molar-refractivity contribution in [3.8, 4) is 0 Å². The van der Waals surface area contributed by atoms with Crippen LogP contribution < -0.4 is 16.3 Å². The topological polar surface area (TPSA) is 80.0 Å². The van der Waals surface area contributed by atoms with Crippen LogP contribution in [0, 0.1) is 5.41 Å². The predicted molar refractivity (Wildman–Crippen MR) is 84.9 cm³/mol. The van der Waals surface area contributed by atoms with E-state index < -0.39 is 0 Å². The summed E-state index contributed by atoms with van der Waals surface area (Å²) in [5.41, 5.74) is 5.98. The van der Waals surface area contributed by atoms with Crippen LogP contribution in [0.3, 0.4) is 0 Å². The molecule has 0 aliphatic rings. The smallest absolute Gasteiger partial charge is 0.142 e. The number of nitrogens with two attached hydrogens (primary N) is 1. The maximum Gasteiger partial charge on any atom is 0.142 e. The number of nitrogens with zero attached hydrogens (tertiary/aromatic N) is 3. The molecule has 3 N–H and O–H groups in total. The van der Waals surface area contributed by atoms with Crippen LogP contribution in [0.4, 0.5) is 0 Å². The molecule has 104 valence electrons. The summed E-state index contributed by atoms with van der Waals surface area (Å²) in [6.45, 7) is 2.67. The van der Waals surface area contributed by atoms with Crippen LogP contribution in [-0.2, 0) is 6.54 Å². The number of nitrogens with one attached hydrogen (secondary N) is 1. The SMILES string of the molecule is C/C=c1/ccn(Cc2nc(C(=N)N)cs2)/c1=C/C=N/C. The van der Waals surface area contributed by atoms with Gasteiger partial charge in [-0.05, 0) is 24.3 Å². The fourth-order valence-electron chi connectivity index (χ4n) is 1.87. The van der Waals surface area contributed by atoms with E-state index in [1.165, 1.54) is 11.3 Å². The molecule has 0 aliphatic heterocycles. The van der Waals surface area contributed by atoms with Gasteiger partial charge in [0.05, 0.1) is 6.54 Å². The summed E-state index contributed by atoms with van der Waals surface area (Å²) in [6, 6.07) is 2.06. The summed E-state index contributed by atoms with van der Waals surface area (Å²) in [5.74, 6) is 0.00693. The first-order chi connectivity index (χ1) is 9.65. The van der Waals surface area contributed by atoms with Gasteiger partial charge in [0, 0.05) is 30.2 Å². The third-order valence-electron chi connectivity index (χ3n) is 2.87. The van der Waals surface area contributed by atoms with Crippen molar-refractivity contribution in [1.82, 2.24) is 9.55 Å². The zero-order valence-corrected chi connectivity index (χ0v) is 12.3. The third-order valence-corrected chi connectivity index (χ3v) is 3.70. The van der Waals surface area contributed by atoms with E-state index in [1.807, 2.05) is 24.6 Å². The van der Waals surface area contributed by atoms with Crippen LogP contribution in [0.5, 0.6) is 0 Å². The third kappa shape index (κ3) is 3.03. The number of aromatic nitrogens is 2. The predicted octanol–water partition coefficient (Wildman–Crippen LogP) is 0.558. The van der Waals surface area contributed by atoms with Gasteiger partial charge in [-0.3, -0.25) is 10.4 Å². The Hall–Kier alpha value is -2.21. The lowest BCUT2D eigenvalue weighted by molar-refractivity contribution is 0.772. The molecule has 0 fully saturated rings.